The van der Waals surface area contributed by atoms with E-state index in [1.54, 1.807) is 43.6 Å². The lowest BCUT2D eigenvalue weighted by Gasteiger charge is -2.42. The fraction of sp³-hybridized carbons (Fsp3) is 0.556. The Bertz CT molecular complexity index is 889. The highest BCUT2D eigenvalue weighted by Crippen LogP contribution is 2.59. The summed E-state index contributed by atoms with van der Waals surface area (Å²) in [6, 6.07) is 0. The molecule has 0 aromatic heterocycles. The van der Waals surface area contributed by atoms with Crippen molar-refractivity contribution < 1.29 is 33.3 Å². The van der Waals surface area contributed by atoms with Gasteiger partial charge in [0, 0.05) is 19.3 Å². The Kier molecular flexibility index (Phi) is 8.68. The van der Waals surface area contributed by atoms with E-state index >= 15 is 0 Å². The van der Waals surface area contributed by atoms with Crippen LogP contribution in [0.25, 0.3) is 0 Å². The molecule has 3 aliphatic rings. The Morgan fingerprint density at radius 2 is 1.62 bits per heavy atom. The normalized spacial score (nSPS) is 34.9. The molecule has 0 radical (unpaired) electrons. The van der Waals surface area contributed by atoms with E-state index in [0.29, 0.717) is 13.0 Å². The van der Waals surface area contributed by atoms with Crippen LogP contribution in [0, 0.1) is 5.92 Å². The van der Waals surface area contributed by atoms with Crippen LogP contribution in [0.4, 0.5) is 0 Å². The van der Waals surface area contributed by atoms with E-state index in [2.05, 4.69) is 31.6 Å². The zero-order valence-electron chi connectivity index (χ0n) is 20.7. The lowest BCUT2D eigenvalue weighted by Crippen LogP contribution is -2.55. The first-order valence-electron chi connectivity index (χ1n) is 11.7. The third-order valence-corrected chi connectivity index (χ3v) is 6.73. The van der Waals surface area contributed by atoms with Gasteiger partial charge in [-0.3, -0.25) is 0 Å². The van der Waals surface area contributed by atoms with Gasteiger partial charge in [-0.1, -0.05) is 48.1 Å². The summed E-state index contributed by atoms with van der Waals surface area (Å²) in [6.45, 7) is 6.99. The predicted octanol–water partition coefficient (Wildman–Crippen LogP) is 4.00. The highest BCUT2D eigenvalue weighted by Gasteiger charge is 2.72. The molecule has 2 saturated heterocycles. The Hall–Kier alpha value is -2.48. The number of epoxide rings is 2. The SMILES string of the molecule is COC(=O)/C=C/C=C/C=C/C=C/C(=O)O[C@@H]1CC[C@]2(CO2)[C@H]([C@]2(C)O[C@@H]2CC=C(C)C)[C@H]1OC. The van der Waals surface area contributed by atoms with Gasteiger partial charge in [-0.2, -0.15) is 0 Å². The number of hydrogen-bond donors (Lipinski definition) is 0. The summed E-state index contributed by atoms with van der Waals surface area (Å²) in [7, 11) is 2.99. The number of rotatable bonds is 10. The predicted molar refractivity (Wildman–Crippen MR) is 128 cm³/mol. The van der Waals surface area contributed by atoms with E-state index in [-0.39, 0.29) is 35.4 Å². The van der Waals surface area contributed by atoms with Crippen LogP contribution >= 0.6 is 0 Å². The van der Waals surface area contributed by atoms with Crippen LogP contribution in [0.15, 0.2) is 60.3 Å². The fourth-order valence-corrected chi connectivity index (χ4v) is 4.85. The molecule has 1 saturated carbocycles. The van der Waals surface area contributed by atoms with Crippen LogP contribution in [-0.4, -0.2) is 62.3 Å². The molecule has 7 nitrogen and oxygen atoms in total. The molecule has 34 heavy (non-hydrogen) atoms. The van der Waals surface area contributed by atoms with Gasteiger partial charge in [0.15, 0.2) is 0 Å². The number of methoxy groups -OCH3 is 2. The van der Waals surface area contributed by atoms with Gasteiger partial charge in [0.05, 0.1) is 25.7 Å². The maximum atomic E-state index is 12.5. The third kappa shape index (κ3) is 6.34. The van der Waals surface area contributed by atoms with E-state index in [4.69, 9.17) is 18.9 Å². The first-order chi connectivity index (χ1) is 16.3. The molecule has 0 unspecified atom stereocenters. The zero-order chi connectivity index (χ0) is 24.8. The largest absolute Gasteiger partial charge is 0.466 e. The molecule has 0 N–H and O–H groups in total. The molecule has 1 aliphatic carbocycles. The van der Waals surface area contributed by atoms with Crippen molar-refractivity contribution >= 4 is 11.9 Å². The van der Waals surface area contributed by atoms with Gasteiger partial charge in [-0.15, -0.1) is 0 Å². The average Bonchev–Trinajstić information content (AvgIpc) is 3.72. The number of allylic oxidation sites excluding steroid dienone is 7. The quantitative estimate of drug-likeness (QED) is 0.156. The van der Waals surface area contributed by atoms with Crippen molar-refractivity contribution in [2.45, 2.75) is 69.5 Å². The van der Waals surface area contributed by atoms with E-state index in [1.165, 1.54) is 24.8 Å². The van der Waals surface area contributed by atoms with Crippen molar-refractivity contribution in [1.82, 2.24) is 0 Å². The number of esters is 2. The van der Waals surface area contributed by atoms with Crippen LogP contribution in [-0.2, 0) is 33.3 Å². The molecule has 1 spiro atoms. The zero-order valence-corrected chi connectivity index (χ0v) is 20.7. The summed E-state index contributed by atoms with van der Waals surface area (Å²) in [5.41, 5.74) is 0.662. The Balaban J connectivity index is 1.57. The van der Waals surface area contributed by atoms with Crippen LogP contribution < -0.4 is 0 Å². The topological polar surface area (TPSA) is 86.9 Å². The lowest BCUT2D eigenvalue weighted by molar-refractivity contribution is -0.166. The van der Waals surface area contributed by atoms with Crippen molar-refractivity contribution in [3.8, 4) is 0 Å². The van der Waals surface area contributed by atoms with Gasteiger partial charge in [0.1, 0.15) is 23.4 Å². The van der Waals surface area contributed by atoms with Gasteiger partial charge in [0.25, 0.3) is 0 Å². The summed E-state index contributed by atoms with van der Waals surface area (Å²) in [4.78, 5) is 23.4. The minimum atomic E-state index is -0.416. The van der Waals surface area contributed by atoms with Crippen LogP contribution in [0.5, 0.6) is 0 Å². The molecule has 186 valence electrons. The molecule has 0 aromatic rings. The molecule has 6 atom stereocenters. The van der Waals surface area contributed by atoms with Gasteiger partial charge < -0.3 is 23.7 Å². The van der Waals surface area contributed by atoms with Crippen LogP contribution in [0.2, 0.25) is 0 Å². The number of hydrogen-bond acceptors (Lipinski definition) is 7. The molecular formula is C27H36O7. The first kappa shape index (κ1) is 26.1. The fourth-order valence-electron chi connectivity index (χ4n) is 4.85. The summed E-state index contributed by atoms with van der Waals surface area (Å²) in [5.74, 6) is -0.833. The summed E-state index contributed by atoms with van der Waals surface area (Å²) in [6.07, 6.45) is 16.8. The number of carbonyl (C=O) groups is 2. The molecule has 3 fully saturated rings. The summed E-state index contributed by atoms with van der Waals surface area (Å²) < 4.78 is 28.3. The number of ether oxygens (including phenoxy) is 5. The first-order valence-corrected chi connectivity index (χ1v) is 11.7. The smallest absolute Gasteiger partial charge is 0.331 e. The second kappa shape index (κ2) is 11.3. The highest BCUT2D eigenvalue weighted by atomic mass is 16.6. The van der Waals surface area contributed by atoms with Crippen LogP contribution in [0.1, 0.15) is 40.0 Å². The molecule has 0 bridgehead atoms. The second-order valence-corrected chi connectivity index (χ2v) is 9.36. The highest BCUT2D eigenvalue weighted by molar-refractivity contribution is 5.82. The summed E-state index contributed by atoms with van der Waals surface area (Å²) in [5, 5.41) is 0. The van der Waals surface area contributed by atoms with Gasteiger partial charge >= 0.3 is 11.9 Å². The Morgan fingerprint density at radius 1 is 1.00 bits per heavy atom. The van der Waals surface area contributed by atoms with E-state index in [9.17, 15) is 9.59 Å². The van der Waals surface area contributed by atoms with Crippen LogP contribution in [0.3, 0.4) is 0 Å². The van der Waals surface area contributed by atoms with Crippen molar-refractivity contribution in [2.75, 3.05) is 20.8 Å². The van der Waals surface area contributed by atoms with Gasteiger partial charge in [-0.25, -0.2) is 9.59 Å². The van der Waals surface area contributed by atoms with Crippen molar-refractivity contribution in [3.05, 3.63) is 60.3 Å². The Labute approximate surface area is 202 Å². The standard InChI is InChI=1S/C27H36O7/c1-19(2)14-15-21-26(3,34-21)25-24(31-5)20(16-17-27(25)18-32-27)33-23(29)13-11-9-7-6-8-10-12-22(28)30-4/h6-14,20-21,24-25H,15-18H2,1-5H3/b8-6+,9-7+,12-10+,13-11+/t20-,21-,24+,25+,26-,27+/m1/s1. The van der Waals surface area contributed by atoms with Gasteiger partial charge in [-0.05, 0) is 40.0 Å². The second-order valence-electron chi connectivity index (χ2n) is 9.36. The van der Waals surface area contributed by atoms with E-state index < -0.39 is 11.9 Å². The van der Waals surface area contributed by atoms with Crippen molar-refractivity contribution in [3.63, 3.8) is 0 Å². The third-order valence-electron chi connectivity index (χ3n) is 6.73. The lowest BCUT2D eigenvalue weighted by atomic mass is 9.68. The van der Waals surface area contributed by atoms with E-state index in [1.807, 2.05) is 0 Å². The monoisotopic (exact) mass is 472 g/mol. The molecule has 7 heteroatoms. The van der Waals surface area contributed by atoms with E-state index in [0.717, 1.165) is 12.8 Å². The molecule has 0 amide bonds. The summed E-state index contributed by atoms with van der Waals surface area (Å²) >= 11 is 0. The minimum Gasteiger partial charge on any atom is -0.466 e. The molecule has 2 heterocycles. The van der Waals surface area contributed by atoms with Crippen molar-refractivity contribution in [1.29, 1.82) is 0 Å². The molecule has 0 aromatic carbocycles. The molecular weight excluding hydrogens is 436 g/mol. The maximum absolute atomic E-state index is 12.5. The number of carbonyl (C=O) groups excluding carboxylic acids is 2. The average molecular weight is 473 g/mol. The Morgan fingerprint density at radius 3 is 2.18 bits per heavy atom. The van der Waals surface area contributed by atoms with Crippen molar-refractivity contribution in [2.24, 2.45) is 5.92 Å². The van der Waals surface area contributed by atoms with Gasteiger partial charge in [0.2, 0.25) is 0 Å². The minimum absolute atomic E-state index is 0.000769. The molecule has 3 rings (SSSR count). The maximum Gasteiger partial charge on any atom is 0.331 e. The molecule has 2 aliphatic heterocycles.